The van der Waals surface area contributed by atoms with Gasteiger partial charge in [-0.3, -0.25) is 9.69 Å². The van der Waals surface area contributed by atoms with Crippen molar-refractivity contribution in [2.24, 2.45) is 5.92 Å². The van der Waals surface area contributed by atoms with Crippen molar-refractivity contribution in [2.45, 2.75) is 39.0 Å². The molecule has 1 saturated heterocycles. The Balaban J connectivity index is 1.90. The number of hydrogen-bond acceptors (Lipinski definition) is 2. The fourth-order valence-corrected chi connectivity index (χ4v) is 3.06. The number of benzene rings is 1. The highest BCUT2D eigenvalue weighted by Crippen LogP contribution is 2.22. The highest BCUT2D eigenvalue weighted by molar-refractivity contribution is 5.97. The average Bonchev–Trinajstić information content (AvgIpc) is 2.65. The third-order valence-corrected chi connectivity index (χ3v) is 4.18. The van der Waals surface area contributed by atoms with Crippen molar-refractivity contribution >= 4 is 5.78 Å². The Hall–Kier alpha value is -1.22. The van der Waals surface area contributed by atoms with E-state index in [0.29, 0.717) is 6.54 Å². The minimum atomic E-state index is -0.406. The maximum absolute atomic E-state index is 13.6. The van der Waals surface area contributed by atoms with Gasteiger partial charge in [0.25, 0.3) is 0 Å². The Morgan fingerprint density at radius 2 is 2.10 bits per heavy atom. The fraction of sp³-hybridized carbons (Fsp3) is 0.588. The van der Waals surface area contributed by atoms with Crippen LogP contribution in [0, 0.1) is 11.7 Å². The molecule has 0 spiro atoms. The number of ketones is 1. The zero-order valence-corrected chi connectivity index (χ0v) is 12.3. The Morgan fingerprint density at radius 1 is 1.30 bits per heavy atom. The van der Waals surface area contributed by atoms with Crippen molar-refractivity contribution in [1.82, 2.24) is 4.90 Å². The molecule has 1 fully saturated rings. The standard InChI is InChI=1S/C17H24FNO/c1-2-6-14-7-5-11-19(12-10-14)13-17(20)15-8-3-4-9-16(15)18/h3-4,8-9,14H,2,5-7,10-13H2,1H3. The van der Waals surface area contributed by atoms with E-state index >= 15 is 0 Å². The summed E-state index contributed by atoms with van der Waals surface area (Å²) in [6.45, 7) is 4.50. The maximum atomic E-state index is 13.6. The second kappa shape index (κ2) is 7.53. The summed E-state index contributed by atoms with van der Waals surface area (Å²) in [6, 6.07) is 6.27. The molecule has 1 aromatic rings. The normalized spacial score (nSPS) is 20.6. The SMILES string of the molecule is CCCC1CCCN(CC(=O)c2ccccc2F)CC1. The lowest BCUT2D eigenvalue weighted by Gasteiger charge is -2.19. The predicted molar refractivity (Wildman–Crippen MR) is 79.4 cm³/mol. The second-order valence-electron chi connectivity index (χ2n) is 5.76. The predicted octanol–water partition coefficient (Wildman–Crippen LogP) is 3.91. The highest BCUT2D eigenvalue weighted by atomic mass is 19.1. The van der Waals surface area contributed by atoms with Crippen LogP contribution in [-0.2, 0) is 0 Å². The molecule has 20 heavy (non-hydrogen) atoms. The summed E-state index contributed by atoms with van der Waals surface area (Å²) in [6.07, 6.45) is 6.10. The first-order chi connectivity index (χ1) is 9.70. The first-order valence-electron chi connectivity index (χ1n) is 7.70. The van der Waals surface area contributed by atoms with E-state index < -0.39 is 5.82 Å². The van der Waals surface area contributed by atoms with Gasteiger partial charge in [-0.05, 0) is 50.4 Å². The number of rotatable bonds is 5. The van der Waals surface area contributed by atoms with Gasteiger partial charge in [-0.1, -0.05) is 31.9 Å². The Bertz CT molecular complexity index is 446. The molecule has 3 heteroatoms. The fourth-order valence-electron chi connectivity index (χ4n) is 3.06. The monoisotopic (exact) mass is 277 g/mol. The highest BCUT2D eigenvalue weighted by Gasteiger charge is 2.20. The van der Waals surface area contributed by atoms with E-state index in [1.54, 1.807) is 18.2 Å². The number of carbonyl (C=O) groups is 1. The Kier molecular flexibility index (Phi) is 5.72. The molecule has 0 amide bonds. The van der Waals surface area contributed by atoms with Gasteiger partial charge in [-0.25, -0.2) is 4.39 Å². The van der Waals surface area contributed by atoms with Gasteiger partial charge >= 0.3 is 0 Å². The molecule has 0 bridgehead atoms. The van der Waals surface area contributed by atoms with Crippen LogP contribution in [0.15, 0.2) is 24.3 Å². The molecule has 0 saturated carbocycles. The Morgan fingerprint density at radius 3 is 2.85 bits per heavy atom. The van der Waals surface area contributed by atoms with Crippen LogP contribution in [0.3, 0.4) is 0 Å². The number of likely N-dealkylation sites (tertiary alicyclic amines) is 1. The van der Waals surface area contributed by atoms with Gasteiger partial charge in [0.1, 0.15) is 5.82 Å². The zero-order valence-electron chi connectivity index (χ0n) is 12.3. The van der Waals surface area contributed by atoms with E-state index in [0.717, 1.165) is 25.4 Å². The van der Waals surface area contributed by atoms with Gasteiger partial charge in [0, 0.05) is 0 Å². The van der Waals surface area contributed by atoms with Gasteiger partial charge in [0.2, 0.25) is 0 Å². The van der Waals surface area contributed by atoms with Gasteiger partial charge in [-0.2, -0.15) is 0 Å². The number of hydrogen-bond donors (Lipinski definition) is 0. The van der Waals surface area contributed by atoms with Gasteiger partial charge < -0.3 is 0 Å². The molecule has 1 unspecified atom stereocenters. The molecule has 1 heterocycles. The summed E-state index contributed by atoms with van der Waals surface area (Å²) >= 11 is 0. The summed E-state index contributed by atoms with van der Waals surface area (Å²) in [5.74, 6) is 0.293. The van der Waals surface area contributed by atoms with Crippen molar-refractivity contribution < 1.29 is 9.18 Å². The number of Topliss-reactive ketones (excluding diaryl/α,β-unsaturated/α-hetero) is 1. The summed E-state index contributed by atoms with van der Waals surface area (Å²) in [7, 11) is 0. The molecule has 1 aliphatic heterocycles. The number of halogens is 1. The van der Waals surface area contributed by atoms with Crippen LogP contribution in [-0.4, -0.2) is 30.3 Å². The quantitative estimate of drug-likeness (QED) is 0.761. The summed E-state index contributed by atoms with van der Waals surface area (Å²) in [4.78, 5) is 14.4. The second-order valence-corrected chi connectivity index (χ2v) is 5.76. The van der Waals surface area contributed by atoms with Crippen molar-refractivity contribution in [3.63, 3.8) is 0 Å². The molecule has 0 aliphatic carbocycles. The first-order valence-corrected chi connectivity index (χ1v) is 7.70. The largest absolute Gasteiger partial charge is 0.296 e. The van der Waals surface area contributed by atoms with Crippen LogP contribution in [0.4, 0.5) is 4.39 Å². The maximum Gasteiger partial charge on any atom is 0.179 e. The average molecular weight is 277 g/mol. The lowest BCUT2D eigenvalue weighted by molar-refractivity contribution is 0.0928. The topological polar surface area (TPSA) is 20.3 Å². The molecular formula is C17H24FNO. The third kappa shape index (κ3) is 4.14. The number of nitrogens with zero attached hydrogens (tertiary/aromatic N) is 1. The summed E-state index contributed by atoms with van der Waals surface area (Å²) < 4.78 is 13.6. The van der Waals surface area contributed by atoms with Crippen molar-refractivity contribution in [3.05, 3.63) is 35.6 Å². The molecule has 1 aliphatic rings. The van der Waals surface area contributed by atoms with Crippen molar-refractivity contribution in [2.75, 3.05) is 19.6 Å². The minimum absolute atomic E-state index is 0.1000. The van der Waals surface area contributed by atoms with E-state index in [-0.39, 0.29) is 11.3 Å². The lowest BCUT2D eigenvalue weighted by atomic mass is 9.96. The van der Waals surface area contributed by atoms with Crippen LogP contribution in [0.5, 0.6) is 0 Å². The van der Waals surface area contributed by atoms with E-state index in [4.69, 9.17) is 0 Å². The molecule has 2 rings (SSSR count). The van der Waals surface area contributed by atoms with E-state index in [2.05, 4.69) is 11.8 Å². The van der Waals surface area contributed by atoms with Crippen LogP contribution < -0.4 is 0 Å². The molecule has 0 N–H and O–H groups in total. The van der Waals surface area contributed by atoms with Crippen LogP contribution in [0.25, 0.3) is 0 Å². The minimum Gasteiger partial charge on any atom is -0.296 e. The zero-order chi connectivity index (χ0) is 14.4. The summed E-state index contributed by atoms with van der Waals surface area (Å²) in [5.41, 5.74) is 0.224. The number of carbonyl (C=O) groups excluding carboxylic acids is 1. The van der Waals surface area contributed by atoms with Crippen LogP contribution in [0.2, 0.25) is 0 Å². The van der Waals surface area contributed by atoms with Crippen molar-refractivity contribution in [1.29, 1.82) is 0 Å². The van der Waals surface area contributed by atoms with Crippen LogP contribution >= 0.6 is 0 Å². The smallest absolute Gasteiger partial charge is 0.179 e. The van der Waals surface area contributed by atoms with E-state index in [1.807, 2.05) is 0 Å². The van der Waals surface area contributed by atoms with Gasteiger partial charge in [0.15, 0.2) is 5.78 Å². The molecule has 1 aromatic carbocycles. The van der Waals surface area contributed by atoms with Gasteiger partial charge in [-0.15, -0.1) is 0 Å². The molecule has 0 aromatic heterocycles. The molecule has 2 nitrogen and oxygen atoms in total. The Labute approximate surface area is 121 Å². The third-order valence-electron chi connectivity index (χ3n) is 4.18. The lowest BCUT2D eigenvalue weighted by Crippen LogP contribution is -2.31. The van der Waals surface area contributed by atoms with E-state index in [1.165, 1.54) is 31.7 Å². The molecular weight excluding hydrogens is 253 g/mol. The molecule has 1 atom stereocenters. The molecule has 110 valence electrons. The molecule has 0 radical (unpaired) electrons. The van der Waals surface area contributed by atoms with E-state index in [9.17, 15) is 9.18 Å². The van der Waals surface area contributed by atoms with Crippen molar-refractivity contribution in [3.8, 4) is 0 Å². The van der Waals surface area contributed by atoms with Crippen LogP contribution in [0.1, 0.15) is 49.4 Å². The first kappa shape index (κ1) is 15.2. The van der Waals surface area contributed by atoms with Gasteiger partial charge in [0.05, 0.1) is 12.1 Å². The summed E-state index contributed by atoms with van der Waals surface area (Å²) in [5, 5.41) is 0.